The van der Waals surface area contributed by atoms with E-state index in [9.17, 15) is 4.79 Å². The molecule has 7 heteroatoms. The minimum Gasteiger partial charge on any atom is -0.496 e. The molecule has 1 heterocycles. The van der Waals surface area contributed by atoms with Crippen LogP contribution in [0.2, 0.25) is 0 Å². The molecular formula is C14H17N3O2S2. The molecule has 2 rings (SSSR count). The number of anilines is 1. The maximum atomic E-state index is 11.5. The number of hydrogen-bond acceptors (Lipinski definition) is 7. The van der Waals surface area contributed by atoms with Crippen LogP contribution in [0.3, 0.4) is 0 Å². The van der Waals surface area contributed by atoms with Crippen LogP contribution in [0.15, 0.2) is 22.5 Å². The van der Waals surface area contributed by atoms with E-state index >= 15 is 0 Å². The molecule has 0 aliphatic heterocycles. The van der Waals surface area contributed by atoms with Crippen LogP contribution < -0.4 is 9.64 Å². The highest BCUT2D eigenvalue weighted by molar-refractivity contribution is 8.00. The predicted molar refractivity (Wildman–Crippen MR) is 86.8 cm³/mol. The van der Waals surface area contributed by atoms with E-state index in [0.29, 0.717) is 11.3 Å². The number of methoxy groups -OCH3 is 1. The van der Waals surface area contributed by atoms with Gasteiger partial charge in [-0.05, 0) is 25.1 Å². The SMILES string of the molecule is COc1ccc(C(C)=O)cc1CSc1nnc(N(C)C)s1. The fraction of sp³-hybridized carbons (Fsp3) is 0.357. The van der Waals surface area contributed by atoms with Gasteiger partial charge in [0.05, 0.1) is 7.11 Å². The number of aromatic nitrogens is 2. The average molecular weight is 323 g/mol. The van der Waals surface area contributed by atoms with Crippen LogP contribution in [0, 0.1) is 0 Å². The lowest BCUT2D eigenvalue weighted by Crippen LogP contribution is -2.07. The molecule has 112 valence electrons. The molecule has 2 aromatic rings. The van der Waals surface area contributed by atoms with Crippen LogP contribution >= 0.6 is 23.1 Å². The van der Waals surface area contributed by atoms with Gasteiger partial charge in [0.2, 0.25) is 5.13 Å². The zero-order valence-corrected chi connectivity index (χ0v) is 14.0. The number of Topliss-reactive ketones (excluding diaryl/α,β-unsaturated/α-hetero) is 1. The molecule has 0 unspecified atom stereocenters. The summed E-state index contributed by atoms with van der Waals surface area (Å²) < 4.78 is 6.24. The van der Waals surface area contributed by atoms with Crippen LogP contribution in [0.1, 0.15) is 22.8 Å². The average Bonchev–Trinajstić information content (AvgIpc) is 2.93. The molecule has 1 aromatic carbocycles. The number of ketones is 1. The Balaban J connectivity index is 2.14. The van der Waals surface area contributed by atoms with Gasteiger partial charge in [-0.3, -0.25) is 4.79 Å². The van der Waals surface area contributed by atoms with Gasteiger partial charge in [-0.25, -0.2) is 0 Å². The summed E-state index contributed by atoms with van der Waals surface area (Å²) in [6.07, 6.45) is 0. The number of hydrogen-bond donors (Lipinski definition) is 0. The largest absolute Gasteiger partial charge is 0.496 e. The summed E-state index contributed by atoms with van der Waals surface area (Å²) in [6, 6.07) is 5.49. The molecule has 0 spiro atoms. The van der Waals surface area contributed by atoms with Crippen molar-refractivity contribution >= 4 is 34.0 Å². The molecule has 0 aliphatic carbocycles. The van der Waals surface area contributed by atoms with Gasteiger partial charge in [0.1, 0.15) is 5.75 Å². The highest BCUT2D eigenvalue weighted by atomic mass is 32.2. The van der Waals surface area contributed by atoms with Crippen molar-refractivity contribution in [3.8, 4) is 5.75 Å². The molecule has 5 nitrogen and oxygen atoms in total. The first-order chi connectivity index (χ1) is 10.0. The lowest BCUT2D eigenvalue weighted by atomic mass is 10.1. The molecule has 0 amide bonds. The van der Waals surface area contributed by atoms with Crippen molar-refractivity contribution in [2.45, 2.75) is 17.0 Å². The maximum Gasteiger partial charge on any atom is 0.208 e. The summed E-state index contributed by atoms with van der Waals surface area (Å²) in [5, 5.41) is 9.13. The Kier molecular flexibility index (Phi) is 5.19. The van der Waals surface area contributed by atoms with Gasteiger partial charge in [-0.2, -0.15) is 0 Å². The van der Waals surface area contributed by atoms with Crippen molar-refractivity contribution in [2.24, 2.45) is 0 Å². The Morgan fingerprint density at radius 3 is 2.71 bits per heavy atom. The highest BCUT2D eigenvalue weighted by Crippen LogP contribution is 2.32. The zero-order chi connectivity index (χ0) is 15.4. The van der Waals surface area contributed by atoms with Crippen molar-refractivity contribution in [2.75, 3.05) is 26.1 Å². The van der Waals surface area contributed by atoms with E-state index in [4.69, 9.17) is 4.74 Å². The molecule has 0 aliphatic rings. The fourth-order valence-corrected chi connectivity index (χ4v) is 3.43. The van der Waals surface area contributed by atoms with Crippen LogP contribution in [0.25, 0.3) is 0 Å². The van der Waals surface area contributed by atoms with Gasteiger partial charge >= 0.3 is 0 Å². The van der Waals surface area contributed by atoms with Crippen LogP contribution in [-0.4, -0.2) is 37.2 Å². The maximum absolute atomic E-state index is 11.5. The summed E-state index contributed by atoms with van der Waals surface area (Å²) in [6.45, 7) is 1.56. The number of carbonyl (C=O) groups excluding carboxylic acids is 1. The van der Waals surface area contributed by atoms with Crippen LogP contribution in [0.4, 0.5) is 5.13 Å². The molecule has 0 radical (unpaired) electrons. The summed E-state index contributed by atoms with van der Waals surface area (Å²) in [5.41, 5.74) is 1.68. The molecule has 0 saturated heterocycles. The smallest absolute Gasteiger partial charge is 0.208 e. The summed E-state index contributed by atoms with van der Waals surface area (Å²) in [5.74, 6) is 1.52. The van der Waals surface area contributed by atoms with Crippen molar-refractivity contribution in [3.05, 3.63) is 29.3 Å². The van der Waals surface area contributed by atoms with Gasteiger partial charge in [-0.15, -0.1) is 10.2 Å². The summed E-state index contributed by atoms with van der Waals surface area (Å²) in [7, 11) is 5.51. The minimum absolute atomic E-state index is 0.0507. The quantitative estimate of drug-likeness (QED) is 0.601. The Morgan fingerprint density at radius 1 is 1.38 bits per heavy atom. The minimum atomic E-state index is 0.0507. The van der Waals surface area contributed by atoms with Gasteiger partial charge in [0.25, 0.3) is 0 Å². The number of benzene rings is 1. The third-order valence-corrected chi connectivity index (χ3v) is 5.09. The van der Waals surface area contributed by atoms with E-state index in [1.807, 2.05) is 31.1 Å². The van der Waals surface area contributed by atoms with Gasteiger partial charge in [0, 0.05) is 31.0 Å². The number of rotatable bonds is 6. The third-order valence-electron chi connectivity index (χ3n) is 2.82. The van der Waals surface area contributed by atoms with E-state index in [1.54, 1.807) is 43.2 Å². The van der Waals surface area contributed by atoms with Crippen molar-refractivity contribution in [3.63, 3.8) is 0 Å². The standard InChI is InChI=1S/C14H17N3O2S2/c1-9(18)10-5-6-12(19-4)11(7-10)8-20-14-16-15-13(21-14)17(2)3/h5-7H,8H2,1-4H3. The molecule has 1 aromatic heterocycles. The summed E-state index contributed by atoms with van der Waals surface area (Å²) in [4.78, 5) is 13.4. The first-order valence-corrected chi connectivity index (χ1v) is 8.13. The van der Waals surface area contributed by atoms with Crippen LogP contribution in [-0.2, 0) is 5.75 Å². The Bertz CT molecular complexity index is 641. The topological polar surface area (TPSA) is 55.3 Å². The lowest BCUT2D eigenvalue weighted by Gasteiger charge is -2.08. The molecule has 0 saturated carbocycles. The Morgan fingerprint density at radius 2 is 2.14 bits per heavy atom. The molecule has 21 heavy (non-hydrogen) atoms. The van der Waals surface area contributed by atoms with Gasteiger partial charge < -0.3 is 9.64 Å². The van der Waals surface area contributed by atoms with Crippen molar-refractivity contribution < 1.29 is 9.53 Å². The van der Waals surface area contributed by atoms with E-state index in [1.165, 1.54) is 0 Å². The molecule has 0 fully saturated rings. The van der Waals surface area contributed by atoms with Crippen molar-refractivity contribution in [1.82, 2.24) is 10.2 Å². The van der Waals surface area contributed by atoms with E-state index in [0.717, 1.165) is 20.8 Å². The zero-order valence-electron chi connectivity index (χ0n) is 12.4. The second kappa shape index (κ2) is 6.91. The number of carbonyl (C=O) groups is 1. The van der Waals surface area contributed by atoms with Gasteiger partial charge in [-0.1, -0.05) is 23.1 Å². The van der Waals surface area contributed by atoms with E-state index in [2.05, 4.69) is 10.2 Å². The number of nitrogens with zero attached hydrogens (tertiary/aromatic N) is 3. The number of thioether (sulfide) groups is 1. The normalized spacial score (nSPS) is 10.5. The highest BCUT2D eigenvalue weighted by Gasteiger charge is 2.11. The molecule has 0 atom stereocenters. The van der Waals surface area contributed by atoms with Gasteiger partial charge in [0.15, 0.2) is 10.1 Å². The predicted octanol–water partition coefficient (Wildman–Crippen LogP) is 3.11. The second-order valence-electron chi connectivity index (χ2n) is 4.62. The first-order valence-electron chi connectivity index (χ1n) is 6.32. The monoisotopic (exact) mass is 323 g/mol. The Labute approximate surface area is 132 Å². The molecule has 0 N–H and O–H groups in total. The number of ether oxygens (including phenoxy) is 1. The van der Waals surface area contributed by atoms with Crippen LogP contribution in [0.5, 0.6) is 5.75 Å². The first kappa shape index (κ1) is 15.8. The molecular weight excluding hydrogens is 306 g/mol. The third kappa shape index (κ3) is 3.95. The lowest BCUT2D eigenvalue weighted by molar-refractivity contribution is 0.101. The van der Waals surface area contributed by atoms with Crippen molar-refractivity contribution in [1.29, 1.82) is 0 Å². The second-order valence-corrected chi connectivity index (χ2v) is 6.79. The summed E-state index contributed by atoms with van der Waals surface area (Å²) >= 11 is 3.13. The Hall–Kier alpha value is -1.60. The molecule has 0 bridgehead atoms. The fourth-order valence-electron chi connectivity index (χ4n) is 1.69. The van der Waals surface area contributed by atoms with E-state index < -0.39 is 0 Å². The van der Waals surface area contributed by atoms with E-state index in [-0.39, 0.29) is 5.78 Å².